The first-order valence-corrected chi connectivity index (χ1v) is 41.2. The van der Waals surface area contributed by atoms with Crippen LogP contribution in [0.1, 0.15) is 34.3 Å². The van der Waals surface area contributed by atoms with Crippen LogP contribution >= 0.6 is 11.6 Å². The van der Waals surface area contributed by atoms with Crippen molar-refractivity contribution in [3.8, 4) is 0 Å². The maximum atomic E-state index is 12.9. The van der Waals surface area contributed by atoms with Gasteiger partial charge in [-0.05, 0) is 90.7 Å². The number of anilines is 5. The number of fused-ring (bicyclic) bond motifs is 15. The number of carbonyl (C=O) groups excluding carboxylic acids is 2. The van der Waals surface area contributed by atoms with Gasteiger partial charge in [0.1, 0.15) is 94.8 Å². The molecule has 0 radical (unpaired) electrons. The number of carbonyl (C=O) groups is 2. The van der Waals surface area contributed by atoms with E-state index >= 15 is 0 Å². The summed E-state index contributed by atoms with van der Waals surface area (Å²) in [4.78, 5) is 91.6. The molecular weight excluding hydrogens is 1560 g/mol. The minimum atomic E-state index is -0.366. The van der Waals surface area contributed by atoms with Crippen LogP contribution in [-0.2, 0) is 27.2 Å². The van der Waals surface area contributed by atoms with Gasteiger partial charge in [0.25, 0.3) is 5.91 Å². The van der Waals surface area contributed by atoms with Crippen LogP contribution < -0.4 is 47.9 Å². The van der Waals surface area contributed by atoms with E-state index in [1.165, 1.54) is 47.9 Å². The maximum Gasteiger partial charge on any atom is 0.251 e. The fraction of sp³-hybridized carbons (Fsp3) is 0.231. The number of piperidine rings is 1. The number of para-hydroxylation sites is 5. The summed E-state index contributed by atoms with van der Waals surface area (Å²) in [5.74, 6) is 3.65. The average molecular weight is 1650 g/mol. The Morgan fingerprint density at radius 1 is 0.443 bits per heavy atom. The molecule has 618 valence electrons. The van der Waals surface area contributed by atoms with E-state index in [9.17, 15) is 14.0 Å². The van der Waals surface area contributed by atoms with Crippen molar-refractivity contribution in [2.45, 2.75) is 44.1 Å². The van der Waals surface area contributed by atoms with Crippen LogP contribution in [0.5, 0.6) is 0 Å². The Balaban J connectivity index is 0.000000109. The summed E-state index contributed by atoms with van der Waals surface area (Å²) in [5, 5.41) is 27.1. The monoisotopic (exact) mass is 1650 g/mol. The number of morpholine rings is 2. The van der Waals surface area contributed by atoms with E-state index in [4.69, 9.17) is 32.5 Å². The van der Waals surface area contributed by atoms with Crippen molar-refractivity contribution in [2.24, 2.45) is 11.5 Å². The quantitative estimate of drug-likeness (QED) is 0.0335. The topological polar surface area (TPSA) is 382 Å². The Hall–Kier alpha value is -13.9. The lowest BCUT2D eigenvalue weighted by Crippen LogP contribution is -2.46. The molecule has 0 aliphatic carbocycles. The van der Waals surface area contributed by atoms with Crippen LogP contribution in [0.15, 0.2) is 232 Å². The number of hydrogen-bond donors (Lipinski definition) is 12. The van der Waals surface area contributed by atoms with Crippen molar-refractivity contribution in [2.75, 3.05) is 118 Å². The molecule has 31 heteroatoms. The van der Waals surface area contributed by atoms with Gasteiger partial charge < -0.3 is 82.2 Å². The predicted molar refractivity (Wildman–Crippen MR) is 481 cm³/mol. The summed E-state index contributed by atoms with van der Waals surface area (Å²) in [5.41, 5.74) is 23.9. The van der Waals surface area contributed by atoms with Gasteiger partial charge in [-0.25, -0.2) is 54.2 Å². The standard InChI is InChI=1S/C22H23N5O.C20H18ClN5O.C19H16FN5O.C15H17N5O.C15H17N5/c1-2-6-16(7-3-1)13-27-10-11-28-17(14-27)12-23-21-20-18-8-4-5-9-19(18)26-22(20)25-15-24-21;21-14-5-3-4-13(10-14)11-17(27)22-8-9-23-19-18-15-6-1-2-7-16(15)26-20(18)25-12-24-19;20-13-7-5-12(6-8-13)19(26)22-10-9-21-17-16-14-3-1-2-4-15(14)25-18(16)24-11-23-17;16-7-10-8-20(5-6-21-10)15-13-11-3-1-2-4-12(11)19-14(13)17-9-18-15;16-10-5-7-20(8-6-10)15-13-11-3-1-2-4-12(11)19-14(13)17-9-18-15/h1-9,15,17H,10-14H2,(H2,23,24,25,26);1-7,10,12H,8-9,11H2,(H,22,27)(H2,23,24,25,26);1-8,11H,9-10H2,(H,22,26)(H2,21,23,24,25);1-4,9-10H,5-8,16H2,(H,17,18,19);1-4,9-10H,5-8,16H2,(H,17,18,19)/t;;;10-;/m...1./s1. The van der Waals surface area contributed by atoms with Gasteiger partial charge >= 0.3 is 0 Å². The van der Waals surface area contributed by atoms with Crippen LogP contribution in [0.4, 0.5) is 33.5 Å². The molecule has 2 amide bonds. The highest BCUT2D eigenvalue weighted by molar-refractivity contribution is 6.30. The molecule has 10 aromatic heterocycles. The lowest BCUT2D eigenvalue weighted by Gasteiger charge is -2.33. The van der Waals surface area contributed by atoms with E-state index in [0.717, 1.165) is 205 Å². The van der Waals surface area contributed by atoms with Crippen LogP contribution in [0.25, 0.3) is 110 Å². The molecule has 2 atom stereocenters. The van der Waals surface area contributed by atoms with Gasteiger partial charge in [-0.15, -0.1) is 0 Å². The maximum absolute atomic E-state index is 12.9. The van der Waals surface area contributed by atoms with Crippen molar-refractivity contribution in [1.82, 2.24) is 90.3 Å². The van der Waals surface area contributed by atoms with Crippen molar-refractivity contribution in [1.29, 1.82) is 0 Å². The largest absolute Gasteiger partial charge is 0.374 e. The number of aromatic nitrogens is 15. The Bertz CT molecular complexity index is 6640. The van der Waals surface area contributed by atoms with Gasteiger partial charge in [0.15, 0.2) is 0 Å². The molecule has 1 unspecified atom stereocenters. The summed E-state index contributed by atoms with van der Waals surface area (Å²) in [6, 6.07) is 64.4. The number of rotatable bonds is 19. The Morgan fingerprint density at radius 2 is 0.877 bits per heavy atom. The van der Waals surface area contributed by atoms with Crippen molar-refractivity contribution in [3.05, 3.63) is 259 Å². The van der Waals surface area contributed by atoms with E-state index < -0.39 is 0 Å². The van der Waals surface area contributed by atoms with E-state index in [1.807, 2.05) is 91.0 Å². The second kappa shape index (κ2) is 38.0. The zero-order valence-corrected chi connectivity index (χ0v) is 67.5. The molecule has 8 aromatic carbocycles. The van der Waals surface area contributed by atoms with Crippen LogP contribution in [-0.4, -0.2) is 201 Å². The number of benzene rings is 8. The third-order valence-electron chi connectivity index (χ3n) is 21.8. The van der Waals surface area contributed by atoms with E-state index in [0.29, 0.717) is 68.2 Å². The smallest absolute Gasteiger partial charge is 0.251 e. The molecule has 3 aliphatic heterocycles. The molecule has 3 aliphatic rings. The minimum Gasteiger partial charge on any atom is -0.374 e. The Kier molecular flexibility index (Phi) is 25.1. The first kappa shape index (κ1) is 80.5. The number of ether oxygens (including phenoxy) is 2. The van der Waals surface area contributed by atoms with Crippen LogP contribution in [0.3, 0.4) is 0 Å². The molecule has 3 saturated heterocycles. The molecule has 0 saturated carbocycles. The number of H-pyrrole nitrogens is 5. The number of nitrogens with zero attached hydrogens (tertiary/aromatic N) is 13. The molecule has 13 heterocycles. The van der Waals surface area contributed by atoms with Crippen LogP contribution in [0, 0.1) is 5.82 Å². The normalized spacial score (nSPS) is 15.0. The van der Waals surface area contributed by atoms with E-state index in [2.05, 4.69) is 189 Å². The van der Waals surface area contributed by atoms with Gasteiger partial charge in [-0.3, -0.25) is 14.5 Å². The van der Waals surface area contributed by atoms with Gasteiger partial charge in [0.2, 0.25) is 5.91 Å². The molecule has 14 N–H and O–H groups in total. The van der Waals surface area contributed by atoms with E-state index in [-0.39, 0.29) is 29.8 Å². The first-order chi connectivity index (χ1) is 60.0. The third-order valence-corrected chi connectivity index (χ3v) is 22.0. The fourth-order valence-corrected chi connectivity index (χ4v) is 16.0. The predicted octanol–water partition coefficient (Wildman–Crippen LogP) is 13.4. The van der Waals surface area contributed by atoms with Crippen molar-refractivity contribution < 1.29 is 23.5 Å². The van der Waals surface area contributed by atoms with Gasteiger partial charge in [-0.1, -0.05) is 145 Å². The van der Waals surface area contributed by atoms with Gasteiger partial charge in [-0.2, -0.15) is 0 Å². The first-order valence-electron chi connectivity index (χ1n) is 40.8. The second-order valence-corrected chi connectivity index (χ2v) is 30.3. The highest BCUT2D eigenvalue weighted by Gasteiger charge is 2.27. The highest BCUT2D eigenvalue weighted by Crippen LogP contribution is 2.36. The van der Waals surface area contributed by atoms with Crippen molar-refractivity contribution in [3.63, 3.8) is 0 Å². The molecular formula is C91H91ClFN25O4. The summed E-state index contributed by atoms with van der Waals surface area (Å²) in [6.07, 6.45) is 10.4. The number of hydrogen-bond acceptors (Lipinski definition) is 22. The second-order valence-electron chi connectivity index (χ2n) is 29.9. The zero-order chi connectivity index (χ0) is 83.1. The molecule has 0 spiro atoms. The number of nitrogens with two attached hydrogens (primary N) is 2. The number of nitrogens with one attached hydrogen (secondary N) is 10. The number of halogens is 2. The number of aromatic amines is 5. The van der Waals surface area contributed by atoms with Crippen molar-refractivity contribution >= 4 is 162 Å². The fourth-order valence-electron chi connectivity index (χ4n) is 15.8. The minimum absolute atomic E-state index is 0.0426. The zero-order valence-electron chi connectivity index (χ0n) is 66.8. The Labute approximate surface area is 704 Å². The lowest BCUT2D eigenvalue weighted by molar-refractivity contribution is -0.120. The number of amides is 2. The molecule has 0 bridgehead atoms. The average Bonchev–Trinajstić information content (AvgIpc) is 1.62. The highest BCUT2D eigenvalue weighted by atomic mass is 35.5. The van der Waals surface area contributed by atoms with Gasteiger partial charge in [0, 0.05) is 156 Å². The SMILES string of the molecule is NC1CCN(c2ncnc3[nH]c4ccccc4c23)CC1.NC[C@@H]1CN(c2ncnc3[nH]c4ccccc4c23)CCO1.O=C(Cc1cccc(Cl)c1)NCCNc1ncnc2[nH]c3ccccc3c12.O=C(NCCNc1ncnc2[nH]c3ccccc3c12)c1ccc(F)cc1.c1ccc(CN2CCOC(CNc3ncnc4[nH]c5ccccc5c34)C2)cc1. The molecule has 3 fully saturated rings. The summed E-state index contributed by atoms with van der Waals surface area (Å²) >= 11 is 5.95. The summed E-state index contributed by atoms with van der Waals surface area (Å²) in [7, 11) is 0. The molecule has 122 heavy (non-hydrogen) atoms. The van der Waals surface area contributed by atoms with Crippen LogP contribution in [0.2, 0.25) is 5.02 Å². The summed E-state index contributed by atoms with van der Waals surface area (Å²) in [6.45, 7) is 11.0. The van der Waals surface area contributed by atoms with E-state index in [1.54, 1.807) is 31.1 Å². The summed E-state index contributed by atoms with van der Waals surface area (Å²) < 4.78 is 24.5. The third kappa shape index (κ3) is 18.7. The van der Waals surface area contributed by atoms with Gasteiger partial charge in [0.05, 0.1) is 58.8 Å². The lowest BCUT2D eigenvalue weighted by atomic mass is 10.1. The Morgan fingerprint density at radius 3 is 1.39 bits per heavy atom. The molecule has 21 rings (SSSR count). The molecule has 18 aromatic rings. The molecule has 29 nitrogen and oxygen atoms in total.